The molecule has 0 aliphatic carbocycles. The first-order valence-electron chi connectivity index (χ1n) is 8.97. The predicted molar refractivity (Wildman–Crippen MR) is 92.6 cm³/mol. The first-order valence-corrected chi connectivity index (χ1v) is 8.97. The van der Waals surface area contributed by atoms with Crippen molar-refractivity contribution in [3.05, 3.63) is 30.1 Å². The summed E-state index contributed by atoms with van der Waals surface area (Å²) in [7, 11) is 0. The van der Waals surface area contributed by atoms with Crippen molar-refractivity contribution in [1.82, 2.24) is 20.1 Å². The third-order valence-corrected chi connectivity index (χ3v) is 5.04. The van der Waals surface area contributed by atoms with Gasteiger partial charge in [0.1, 0.15) is 0 Å². The van der Waals surface area contributed by atoms with Crippen molar-refractivity contribution in [2.75, 3.05) is 45.9 Å². The highest BCUT2D eigenvalue weighted by Crippen LogP contribution is 2.20. The van der Waals surface area contributed by atoms with Crippen LogP contribution in [0.1, 0.15) is 31.4 Å². The average molecular weight is 332 g/mol. The molecule has 2 aliphatic rings. The molecule has 2 atom stereocenters. The van der Waals surface area contributed by atoms with Gasteiger partial charge in [0, 0.05) is 57.8 Å². The van der Waals surface area contributed by atoms with Crippen LogP contribution >= 0.6 is 0 Å². The fraction of sp³-hybridized carbons (Fsp3) is 0.667. The molecule has 3 heterocycles. The number of carbonyl (C=O) groups is 1. The van der Waals surface area contributed by atoms with Crippen LogP contribution in [-0.4, -0.2) is 72.7 Å². The van der Waals surface area contributed by atoms with E-state index in [1.807, 2.05) is 18.5 Å². The molecule has 132 valence electrons. The molecule has 6 nitrogen and oxygen atoms in total. The van der Waals surface area contributed by atoms with Gasteiger partial charge in [-0.2, -0.15) is 0 Å². The molecule has 0 bridgehead atoms. The van der Waals surface area contributed by atoms with Gasteiger partial charge in [0.05, 0.1) is 12.6 Å². The number of amides is 1. The Balaban J connectivity index is 1.37. The number of hydrogen-bond donors (Lipinski definition) is 1. The Hall–Kier alpha value is -1.50. The normalized spacial score (nSPS) is 24.0. The second-order valence-electron chi connectivity index (χ2n) is 6.71. The van der Waals surface area contributed by atoms with Crippen molar-refractivity contribution in [1.29, 1.82) is 0 Å². The Labute approximate surface area is 144 Å². The van der Waals surface area contributed by atoms with Crippen LogP contribution in [0.4, 0.5) is 0 Å². The van der Waals surface area contributed by atoms with Crippen LogP contribution in [0, 0.1) is 0 Å². The first kappa shape index (κ1) is 17.3. The minimum atomic E-state index is 0.110. The lowest BCUT2D eigenvalue weighted by atomic mass is 10.1. The van der Waals surface area contributed by atoms with Crippen LogP contribution in [0.15, 0.2) is 24.5 Å². The number of hydrogen-bond acceptors (Lipinski definition) is 5. The summed E-state index contributed by atoms with van der Waals surface area (Å²) < 4.78 is 5.54. The molecule has 0 saturated carbocycles. The van der Waals surface area contributed by atoms with Gasteiger partial charge in [-0.25, -0.2) is 0 Å². The van der Waals surface area contributed by atoms with E-state index in [9.17, 15) is 4.79 Å². The molecule has 2 fully saturated rings. The van der Waals surface area contributed by atoms with Crippen LogP contribution in [0.3, 0.4) is 0 Å². The fourth-order valence-corrected chi connectivity index (χ4v) is 3.43. The molecule has 1 N–H and O–H groups in total. The minimum absolute atomic E-state index is 0.110. The molecular formula is C18H28N4O2. The summed E-state index contributed by atoms with van der Waals surface area (Å²) in [5.41, 5.74) is 1.25. The predicted octanol–water partition coefficient (Wildman–Crippen LogP) is 1.06. The van der Waals surface area contributed by atoms with Crippen LogP contribution in [0.5, 0.6) is 0 Å². The number of piperazine rings is 1. The van der Waals surface area contributed by atoms with Crippen molar-refractivity contribution in [2.45, 2.75) is 31.9 Å². The van der Waals surface area contributed by atoms with Gasteiger partial charge in [-0.15, -0.1) is 0 Å². The maximum absolute atomic E-state index is 12.1. The van der Waals surface area contributed by atoms with E-state index in [1.54, 1.807) is 0 Å². The lowest BCUT2D eigenvalue weighted by Gasteiger charge is -2.37. The number of nitrogens with zero attached hydrogens (tertiary/aromatic N) is 3. The lowest BCUT2D eigenvalue weighted by molar-refractivity contribution is -0.123. The molecule has 0 aromatic carbocycles. The molecule has 1 aromatic heterocycles. The lowest BCUT2D eigenvalue weighted by Crippen LogP contribution is -2.50. The highest BCUT2D eigenvalue weighted by atomic mass is 16.5. The second kappa shape index (κ2) is 8.55. The zero-order valence-electron chi connectivity index (χ0n) is 14.5. The molecule has 0 spiro atoms. The summed E-state index contributed by atoms with van der Waals surface area (Å²) in [4.78, 5) is 21.0. The average Bonchev–Trinajstić information content (AvgIpc) is 3.14. The summed E-state index contributed by atoms with van der Waals surface area (Å²) in [5.74, 6) is 0.110. The van der Waals surface area contributed by atoms with Crippen LogP contribution in [-0.2, 0) is 9.53 Å². The Kier molecular flexibility index (Phi) is 6.18. The molecule has 2 saturated heterocycles. The van der Waals surface area contributed by atoms with Gasteiger partial charge in [-0.1, -0.05) is 6.07 Å². The van der Waals surface area contributed by atoms with E-state index in [2.05, 4.69) is 33.1 Å². The zero-order valence-corrected chi connectivity index (χ0v) is 14.5. The number of carbonyl (C=O) groups excluding carboxylic acids is 1. The molecule has 2 aliphatic heterocycles. The van der Waals surface area contributed by atoms with E-state index >= 15 is 0 Å². The van der Waals surface area contributed by atoms with Crippen LogP contribution < -0.4 is 5.32 Å². The highest BCUT2D eigenvalue weighted by molar-refractivity contribution is 5.78. The standard InChI is InChI=1S/C18H28N4O2/c1-15(16-4-2-6-19-12-16)22-9-7-21(8-10-22)14-18(23)20-13-17-5-3-11-24-17/h2,4,6,12,15,17H,3,5,7-11,13-14H2,1H3,(H,20,23)/t15-,17-/m0/s1. The summed E-state index contributed by atoms with van der Waals surface area (Å²) in [5, 5.41) is 3.00. The van der Waals surface area contributed by atoms with Crippen molar-refractivity contribution in [3.63, 3.8) is 0 Å². The van der Waals surface area contributed by atoms with Crippen molar-refractivity contribution in [3.8, 4) is 0 Å². The van der Waals surface area contributed by atoms with Gasteiger partial charge in [0.15, 0.2) is 0 Å². The quantitative estimate of drug-likeness (QED) is 0.844. The fourth-order valence-electron chi connectivity index (χ4n) is 3.43. The molecule has 24 heavy (non-hydrogen) atoms. The maximum Gasteiger partial charge on any atom is 0.234 e. The third kappa shape index (κ3) is 4.75. The summed E-state index contributed by atoms with van der Waals surface area (Å²) >= 11 is 0. The topological polar surface area (TPSA) is 57.7 Å². The molecule has 3 rings (SSSR count). The van der Waals surface area contributed by atoms with Crippen molar-refractivity contribution >= 4 is 5.91 Å². The SMILES string of the molecule is C[C@@H](c1cccnc1)N1CCN(CC(=O)NC[C@@H]2CCCO2)CC1. The number of aromatic nitrogens is 1. The smallest absolute Gasteiger partial charge is 0.234 e. The number of ether oxygens (including phenoxy) is 1. The molecular weight excluding hydrogens is 304 g/mol. The number of nitrogens with one attached hydrogen (secondary N) is 1. The van der Waals surface area contributed by atoms with Gasteiger partial charge in [0.2, 0.25) is 5.91 Å². The van der Waals surface area contributed by atoms with E-state index in [4.69, 9.17) is 4.74 Å². The zero-order chi connectivity index (χ0) is 16.8. The van der Waals surface area contributed by atoms with E-state index in [-0.39, 0.29) is 12.0 Å². The minimum Gasteiger partial charge on any atom is -0.376 e. The second-order valence-corrected chi connectivity index (χ2v) is 6.71. The van der Waals surface area contributed by atoms with Crippen molar-refractivity contribution < 1.29 is 9.53 Å². The summed E-state index contributed by atoms with van der Waals surface area (Å²) in [6, 6.07) is 4.48. The van der Waals surface area contributed by atoms with Gasteiger partial charge in [0.25, 0.3) is 0 Å². The molecule has 1 aromatic rings. The molecule has 0 radical (unpaired) electrons. The van der Waals surface area contributed by atoms with E-state index in [1.165, 1.54) is 5.56 Å². The van der Waals surface area contributed by atoms with Crippen LogP contribution in [0.25, 0.3) is 0 Å². The van der Waals surface area contributed by atoms with Gasteiger partial charge < -0.3 is 10.1 Å². The van der Waals surface area contributed by atoms with E-state index in [0.29, 0.717) is 19.1 Å². The number of rotatable bonds is 6. The largest absolute Gasteiger partial charge is 0.376 e. The van der Waals surface area contributed by atoms with Gasteiger partial charge in [-0.05, 0) is 31.4 Å². The maximum atomic E-state index is 12.1. The highest BCUT2D eigenvalue weighted by Gasteiger charge is 2.23. The molecule has 1 amide bonds. The molecule has 6 heteroatoms. The summed E-state index contributed by atoms with van der Waals surface area (Å²) in [6.07, 6.45) is 6.13. The molecule has 0 unspecified atom stereocenters. The monoisotopic (exact) mass is 332 g/mol. The Morgan fingerprint density at radius 2 is 2.25 bits per heavy atom. The van der Waals surface area contributed by atoms with E-state index in [0.717, 1.165) is 45.6 Å². The van der Waals surface area contributed by atoms with Gasteiger partial charge >= 0.3 is 0 Å². The van der Waals surface area contributed by atoms with Crippen LogP contribution in [0.2, 0.25) is 0 Å². The van der Waals surface area contributed by atoms with Gasteiger partial charge in [-0.3, -0.25) is 19.6 Å². The Bertz CT molecular complexity index is 511. The summed E-state index contributed by atoms with van der Waals surface area (Å²) in [6.45, 7) is 8.01. The van der Waals surface area contributed by atoms with Crippen molar-refractivity contribution in [2.24, 2.45) is 0 Å². The Morgan fingerprint density at radius 3 is 2.92 bits per heavy atom. The Morgan fingerprint density at radius 1 is 1.42 bits per heavy atom. The van der Waals surface area contributed by atoms with E-state index < -0.39 is 0 Å². The first-order chi connectivity index (χ1) is 11.7. The number of pyridine rings is 1. The third-order valence-electron chi connectivity index (χ3n) is 5.04.